The lowest BCUT2D eigenvalue weighted by Gasteiger charge is -2.24. The predicted molar refractivity (Wildman–Crippen MR) is 124 cm³/mol. The summed E-state index contributed by atoms with van der Waals surface area (Å²) in [5.74, 6) is -2.13. The Balaban J connectivity index is 1.37. The molecular weight excluding hydrogens is 420 g/mol. The molecule has 0 aliphatic heterocycles. The highest BCUT2D eigenvalue weighted by Crippen LogP contribution is 2.44. The van der Waals surface area contributed by atoms with Crippen molar-refractivity contribution in [1.82, 2.24) is 10.6 Å². The molecule has 2 aliphatic rings. The molecule has 7 heteroatoms. The highest BCUT2D eigenvalue weighted by molar-refractivity contribution is 5.86. The Labute approximate surface area is 193 Å². The number of hydrogen-bond acceptors (Lipinski definition) is 4. The molecule has 0 aromatic heterocycles. The summed E-state index contributed by atoms with van der Waals surface area (Å²) in [6.07, 6.45) is 1.48. The van der Waals surface area contributed by atoms with E-state index >= 15 is 0 Å². The number of amides is 2. The van der Waals surface area contributed by atoms with Crippen LogP contribution in [0.4, 0.5) is 4.79 Å². The summed E-state index contributed by atoms with van der Waals surface area (Å²) < 4.78 is 5.61. The lowest BCUT2D eigenvalue weighted by Crippen LogP contribution is -2.50. The summed E-state index contributed by atoms with van der Waals surface area (Å²) in [5.41, 5.74) is 4.59. The van der Waals surface area contributed by atoms with Crippen LogP contribution in [-0.2, 0) is 14.3 Å². The molecule has 0 bridgehead atoms. The second-order valence-corrected chi connectivity index (χ2v) is 9.18. The van der Waals surface area contributed by atoms with E-state index in [0.717, 1.165) is 28.7 Å². The van der Waals surface area contributed by atoms with E-state index < -0.39 is 24.0 Å². The Morgan fingerprint density at radius 1 is 1.00 bits per heavy atom. The first-order valence-corrected chi connectivity index (χ1v) is 11.5. The third-order valence-electron chi connectivity index (χ3n) is 6.73. The Morgan fingerprint density at radius 3 is 2.18 bits per heavy atom. The molecule has 33 heavy (non-hydrogen) atoms. The molecule has 174 valence electrons. The van der Waals surface area contributed by atoms with Crippen LogP contribution in [0.15, 0.2) is 48.5 Å². The van der Waals surface area contributed by atoms with E-state index in [1.165, 1.54) is 0 Å². The highest BCUT2D eigenvalue weighted by Gasteiger charge is 2.37. The van der Waals surface area contributed by atoms with Crippen LogP contribution in [-0.4, -0.2) is 41.8 Å². The van der Waals surface area contributed by atoms with Gasteiger partial charge < -0.3 is 20.5 Å². The predicted octanol–water partition coefficient (Wildman–Crippen LogP) is 3.92. The first-order chi connectivity index (χ1) is 15.9. The fraction of sp³-hybridized carbons (Fsp3) is 0.423. The first-order valence-electron chi connectivity index (χ1n) is 11.5. The molecule has 2 amide bonds. The van der Waals surface area contributed by atoms with Crippen LogP contribution < -0.4 is 10.6 Å². The van der Waals surface area contributed by atoms with Crippen LogP contribution in [0.5, 0.6) is 0 Å². The van der Waals surface area contributed by atoms with Crippen LogP contribution in [0.2, 0.25) is 0 Å². The smallest absolute Gasteiger partial charge is 0.407 e. The number of ether oxygens (including phenoxy) is 1. The molecule has 1 saturated carbocycles. The Kier molecular flexibility index (Phi) is 6.67. The van der Waals surface area contributed by atoms with Gasteiger partial charge in [0.05, 0.1) is 5.92 Å². The van der Waals surface area contributed by atoms with Crippen molar-refractivity contribution < 1.29 is 24.2 Å². The Hall–Kier alpha value is -3.35. The maximum atomic E-state index is 12.7. The Morgan fingerprint density at radius 2 is 1.61 bits per heavy atom. The van der Waals surface area contributed by atoms with Gasteiger partial charge in [-0.2, -0.15) is 0 Å². The minimum atomic E-state index is -1.06. The van der Waals surface area contributed by atoms with Gasteiger partial charge >= 0.3 is 12.1 Å². The van der Waals surface area contributed by atoms with E-state index in [9.17, 15) is 19.5 Å². The number of rotatable bonds is 7. The molecular formula is C26H30N2O5. The van der Waals surface area contributed by atoms with Gasteiger partial charge in [-0.25, -0.2) is 9.59 Å². The van der Waals surface area contributed by atoms with Gasteiger partial charge in [-0.15, -0.1) is 0 Å². The molecule has 7 nitrogen and oxygen atoms in total. The quantitative estimate of drug-likeness (QED) is 0.593. The SMILES string of the molecule is CC(C)[C@@H](NC(=O)[C@H]1CCC[C@H]1NC(=O)OCC1c2ccccc2-c2ccccc21)C(=O)O. The van der Waals surface area contributed by atoms with Crippen LogP contribution in [0.3, 0.4) is 0 Å². The molecule has 2 aromatic rings. The number of carbonyl (C=O) groups is 3. The normalized spacial score (nSPS) is 20.1. The van der Waals surface area contributed by atoms with Gasteiger partial charge in [-0.1, -0.05) is 68.8 Å². The molecule has 4 rings (SSSR count). The summed E-state index contributed by atoms with van der Waals surface area (Å²) in [6.45, 7) is 3.71. The van der Waals surface area contributed by atoms with Gasteiger partial charge in [0, 0.05) is 12.0 Å². The molecule has 1 fully saturated rings. The van der Waals surface area contributed by atoms with Gasteiger partial charge in [0.2, 0.25) is 5.91 Å². The number of benzene rings is 2. The number of fused-ring (bicyclic) bond motifs is 3. The van der Waals surface area contributed by atoms with Crippen LogP contribution in [0, 0.1) is 11.8 Å². The zero-order chi connectivity index (χ0) is 23.5. The molecule has 2 aromatic carbocycles. The number of aliphatic carboxylic acids is 1. The zero-order valence-electron chi connectivity index (χ0n) is 18.9. The van der Waals surface area contributed by atoms with Crippen molar-refractivity contribution in [1.29, 1.82) is 0 Å². The highest BCUT2D eigenvalue weighted by atomic mass is 16.5. The maximum absolute atomic E-state index is 12.7. The summed E-state index contributed by atoms with van der Waals surface area (Å²) in [7, 11) is 0. The molecule has 0 spiro atoms. The average Bonchev–Trinajstić information content (AvgIpc) is 3.38. The van der Waals surface area contributed by atoms with Crippen molar-refractivity contribution in [3.8, 4) is 11.1 Å². The number of alkyl carbamates (subject to hydrolysis) is 1. The van der Waals surface area contributed by atoms with Crippen LogP contribution in [0.25, 0.3) is 11.1 Å². The molecule has 3 N–H and O–H groups in total. The van der Waals surface area contributed by atoms with E-state index in [1.54, 1.807) is 13.8 Å². The van der Waals surface area contributed by atoms with Crippen molar-refractivity contribution in [2.24, 2.45) is 11.8 Å². The molecule has 0 unspecified atom stereocenters. The summed E-state index contributed by atoms with van der Waals surface area (Å²) in [5, 5.41) is 14.8. The van der Waals surface area contributed by atoms with E-state index in [0.29, 0.717) is 12.8 Å². The van der Waals surface area contributed by atoms with E-state index in [2.05, 4.69) is 34.9 Å². The Bertz CT molecular complexity index is 1000. The second kappa shape index (κ2) is 9.65. The van der Waals surface area contributed by atoms with Crippen molar-refractivity contribution in [2.45, 2.75) is 51.1 Å². The van der Waals surface area contributed by atoms with E-state index in [4.69, 9.17) is 4.74 Å². The van der Waals surface area contributed by atoms with Gasteiger partial charge in [-0.3, -0.25) is 4.79 Å². The van der Waals surface area contributed by atoms with Gasteiger partial charge in [0.25, 0.3) is 0 Å². The summed E-state index contributed by atoms with van der Waals surface area (Å²) in [6, 6.07) is 14.9. The van der Waals surface area contributed by atoms with Crippen molar-refractivity contribution in [3.63, 3.8) is 0 Å². The van der Waals surface area contributed by atoms with Gasteiger partial charge in [0.15, 0.2) is 0 Å². The minimum Gasteiger partial charge on any atom is -0.480 e. The monoisotopic (exact) mass is 450 g/mol. The zero-order valence-corrected chi connectivity index (χ0v) is 18.9. The van der Waals surface area contributed by atoms with Crippen molar-refractivity contribution >= 4 is 18.0 Å². The summed E-state index contributed by atoms with van der Waals surface area (Å²) in [4.78, 5) is 36.8. The fourth-order valence-electron chi connectivity index (χ4n) is 5.01. The summed E-state index contributed by atoms with van der Waals surface area (Å²) >= 11 is 0. The number of nitrogens with one attached hydrogen (secondary N) is 2. The fourth-order valence-corrected chi connectivity index (χ4v) is 5.01. The van der Waals surface area contributed by atoms with Crippen molar-refractivity contribution in [2.75, 3.05) is 6.61 Å². The molecule has 0 heterocycles. The molecule has 3 atom stereocenters. The molecule has 0 radical (unpaired) electrons. The number of carbonyl (C=O) groups excluding carboxylic acids is 2. The number of carboxylic acid groups (broad SMARTS) is 1. The second-order valence-electron chi connectivity index (χ2n) is 9.18. The van der Waals surface area contributed by atoms with Crippen LogP contribution in [0.1, 0.15) is 50.2 Å². The van der Waals surface area contributed by atoms with Crippen LogP contribution >= 0.6 is 0 Å². The lowest BCUT2D eigenvalue weighted by molar-refractivity contribution is -0.143. The molecule has 0 saturated heterocycles. The third-order valence-corrected chi connectivity index (χ3v) is 6.73. The standard InChI is InChI=1S/C26H30N2O5/c1-15(2)23(25(30)31)28-24(29)20-12-7-13-22(20)27-26(32)33-14-21-18-10-5-3-8-16(18)17-9-4-6-11-19(17)21/h3-6,8-11,15,20-23H,7,12-14H2,1-2H3,(H,27,32)(H,28,29)(H,30,31)/t20-,22+,23+/m0/s1. The van der Waals surface area contributed by atoms with Gasteiger partial charge in [0.1, 0.15) is 12.6 Å². The lowest BCUT2D eigenvalue weighted by atomic mass is 9.98. The maximum Gasteiger partial charge on any atom is 0.407 e. The third kappa shape index (κ3) is 4.72. The number of hydrogen-bond donors (Lipinski definition) is 3. The van der Waals surface area contributed by atoms with E-state index in [-0.39, 0.29) is 30.4 Å². The minimum absolute atomic E-state index is 0.0341. The van der Waals surface area contributed by atoms with Crippen molar-refractivity contribution in [3.05, 3.63) is 59.7 Å². The van der Waals surface area contributed by atoms with E-state index in [1.807, 2.05) is 24.3 Å². The molecule has 2 aliphatic carbocycles. The average molecular weight is 451 g/mol. The topological polar surface area (TPSA) is 105 Å². The number of carboxylic acids is 1. The first kappa shape index (κ1) is 22.8. The van der Waals surface area contributed by atoms with Gasteiger partial charge in [-0.05, 0) is 41.0 Å². The largest absolute Gasteiger partial charge is 0.480 e.